The molecule has 1 fully saturated rings. The fraction of sp³-hybridized carbons (Fsp3) is 0.412. The zero-order chi connectivity index (χ0) is 27.6. The number of nitrogens with zero attached hydrogens (tertiary/aromatic N) is 8. The molecule has 0 aromatic carbocycles. The zero-order valence-electron chi connectivity index (χ0n) is 19.4. The van der Waals surface area contributed by atoms with Crippen LogP contribution in [-0.4, -0.2) is 104 Å². The quantitative estimate of drug-likeness (QED) is 0.0761. The van der Waals surface area contributed by atoms with E-state index in [1.807, 2.05) is 0 Å². The van der Waals surface area contributed by atoms with Crippen LogP contribution in [-0.2, 0) is 24.0 Å². The SMILES string of the molecule is CON=CC(=O)N(c1n[nH]c(C(N)C(=O)O)n1)C1S[C@H]2CC(=O)N2C(OC(=O)O)=C1C(C)Sc1nnn[nH]1. The number of carboxylic acids is 1. The Hall–Kier alpha value is -4.24. The Kier molecular flexibility index (Phi) is 7.78. The molecular weight excluding hydrogens is 550 g/mol. The number of tetrazole rings is 1. The molecule has 1 saturated heterocycles. The molecule has 2 aromatic heterocycles. The van der Waals surface area contributed by atoms with Crippen molar-refractivity contribution in [3.8, 4) is 0 Å². The number of nitrogens with two attached hydrogens (primary N) is 1. The molecule has 4 atom stereocenters. The first kappa shape index (κ1) is 26.8. The number of anilines is 1. The van der Waals surface area contributed by atoms with Crippen LogP contribution >= 0.6 is 23.5 Å². The van der Waals surface area contributed by atoms with E-state index in [4.69, 9.17) is 10.5 Å². The van der Waals surface area contributed by atoms with Crippen molar-refractivity contribution in [2.45, 2.75) is 40.5 Å². The van der Waals surface area contributed by atoms with Crippen molar-refractivity contribution in [2.75, 3.05) is 12.0 Å². The average Bonchev–Trinajstić information content (AvgIpc) is 3.53. The van der Waals surface area contributed by atoms with Crippen LogP contribution in [0.1, 0.15) is 25.2 Å². The predicted molar refractivity (Wildman–Crippen MR) is 126 cm³/mol. The summed E-state index contributed by atoms with van der Waals surface area (Å²) in [7, 11) is 1.21. The number of fused-ring (bicyclic) bond motifs is 1. The molecule has 2 aliphatic heterocycles. The van der Waals surface area contributed by atoms with Gasteiger partial charge in [0.25, 0.3) is 11.9 Å². The normalized spacial score (nSPS) is 20.5. The first-order valence-corrected chi connectivity index (χ1v) is 12.3. The number of hydrogen-bond donors (Lipinski definition) is 5. The highest BCUT2D eigenvalue weighted by atomic mass is 32.2. The van der Waals surface area contributed by atoms with Crippen LogP contribution in [0.2, 0.25) is 0 Å². The predicted octanol–water partition coefficient (Wildman–Crippen LogP) is -0.914. The van der Waals surface area contributed by atoms with Crippen LogP contribution in [0, 0.1) is 0 Å². The number of aliphatic carboxylic acids is 1. The summed E-state index contributed by atoms with van der Waals surface area (Å²) in [6.07, 6.45) is -0.836. The molecule has 4 heterocycles. The molecule has 4 rings (SSSR count). The van der Waals surface area contributed by atoms with Gasteiger partial charge in [-0.3, -0.25) is 29.3 Å². The Morgan fingerprint density at radius 1 is 1.37 bits per heavy atom. The average molecular weight is 570 g/mol. The standard InChI is InChI=1S/C17H19N11O8S2/c1-5(37-16-23-25-26-24-16)9-12(36-17(33)34)27-6(29)3-8(27)38-13(9)28(7(30)4-19-35-2)15-20-11(21-22-15)10(18)14(31)32/h4-5,8,10,13H,3,18H2,1-2H3,(H,31,32)(H,33,34)(H,20,21,22)(H,23,24,25,26)/t5?,8-,10?,13?/m0/s1. The van der Waals surface area contributed by atoms with E-state index in [0.717, 1.165) is 34.6 Å². The van der Waals surface area contributed by atoms with E-state index < -0.39 is 40.1 Å². The maximum Gasteiger partial charge on any atom is 0.512 e. The molecular formula is C17H19N11O8S2. The number of hydrogen-bond acceptors (Lipinski definition) is 15. The fourth-order valence-corrected chi connectivity index (χ4v) is 6.11. The minimum Gasteiger partial charge on any atom is -0.480 e. The van der Waals surface area contributed by atoms with Crippen molar-refractivity contribution in [3.05, 3.63) is 17.3 Å². The van der Waals surface area contributed by atoms with Crippen molar-refractivity contribution in [1.29, 1.82) is 0 Å². The van der Waals surface area contributed by atoms with Crippen molar-refractivity contribution in [1.82, 2.24) is 40.7 Å². The van der Waals surface area contributed by atoms with Gasteiger partial charge in [0.15, 0.2) is 11.9 Å². The molecule has 2 aromatic rings. The van der Waals surface area contributed by atoms with Gasteiger partial charge in [-0.05, 0) is 17.4 Å². The number of carbonyl (C=O) groups is 4. The van der Waals surface area contributed by atoms with Gasteiger partial charge in [-0.2, -0.15) is 4.98 Å². The molecule has 21 heteroatoms. The summed E-state index contributed by atoms with van der Waals surface area (Å²) in [5.41, 5.74) is 5.79. The van der Waals surface area contributed by atoms with E-state index in [1.54, 1.807) is 6.92 Å². The lowest BCUT2D eigenvalue weighted by molar-refractivity contribution is -0.142. The van der Waals surface area contributed by atoms with Gasteiger partial charge in [-0.15, -0.1) is 22.0 Å². The Morgan fingerprint density at radius 3 is 2.74 bits per heavy atom. The highest BCUT2D eigenvalue weighted by Gasteiger charge is 2.52. The Bertz CT molecular complexity index is 1300. The van der Waals surface area contributed by atoms with E-state index in [-0.39, 0.29) is 40.7 Å². The number of thioether (sulfide) groups is 2. The third kappa shape index (κ3) is 5.24. The summed E-state index contributed by atoms with van der Waals surface area (Å²) < 4.78 is 5.07. The first-order valence-electron chi connectivity index (χ1n) is 10.5. The molecule has 19 nitrogen and oxygen atoms in total. The molecule has 6 N–H and O–H groups in total. The maximum absolute atomic E-state index is 13.3. The Balaban J connectivity index is 1.86. The molecule has 0 bridgehead atoms. The minimum atomic E-state index is -1.69. The molecule has 0 spiro atoms. The van der Waals surface area contributed by atoms with E-state index in [9.17, 15) is 29.4 Å². The third-order valence-corrected chi connectivity index (χ3v) is 7.59. The number of H-pyrrole nitrogens is 2. The molecule has 3 unspecified atom stereocenters. The first-order chi connectivity index (χ1) is 18.1. The minimum absolute atomic E-state index is 0.0335. The Labute approximate surface area is 220 Å². The second-order valence-electron chi connectivity index (χ2n) is 7.47. The number of carbonyl (C=O) groups excluding carboxylic acids is 2. The van der Waals surface area contributed by atoms with E-state index in [0.29, 0.717) is 0 Å². The van der Waals surface area contributed by atoms with Crippen LogP contribution in [0.3, 0.4) is 0 Å². The van der Waals surface area contributed by atoms with Crippen LogP contribution in [0.5, 0.6) is 0 Å². The van der Waals surface area contributed by atoms with Crippen LogP contribution in [0.4, 0.5) is 10.7 Å². The highest BCUT2D eigenvalue weighted by Crippen LogP contribution is 2.49. The monoisotopic (exact) mass is 569 g/mol. The lowest BCUT2D eigenvalue weighted by Crippen LogP contribution is -2.58. The topological polar surface area (TPSA) is 268 Å². The summed E-state index contributed by atoms with van der Waals surface area (Å²) in [5.74, 6) is -3.45. The van der Waals surface area contributed by atoms with Crippen molar-refractivity contribution in [3.63, 3.8) is 0 Å². The lowest BCUT2D eigenvalue weighted by atomic mass is 10.1. The summed E-state index contributed by atoms with van der Waals surface area (Å²) in [5, 5.41) is 39.8. The van der Waals surface area contributed by atoms with Gasteiger partial charge >= 0.3 is 12.1 Å². The number of nitrogens with one attached hydrogen (secondary N) is 2. The number of ether oxygens (including phenoxy) is 1. The van der Waals surface area contributed by atoms with Gasteiger partial charge in [-0.25, -0.2) is 9.89 Å². The zero-order valence-corrected chi connectivity index (χ0v) is 21.0. The van der Waals surface area contributed by atoms with Crippen molar-refractivity contribution < 1.29 is 39.0 Å². The van der Waals surface area contributed by atoms with Crippen LogP contribution < -0.4 is 10.6 Å². The number of aromatic nitrogens is 7. The number of rotatable bonds is 10. The van der Waals surface area contributed by atoms with Gasteiger partial charge in [0.1, 0.15) is 18.7 Å². The molecule has 2 aliphatic rings. The molecule has 0 aliphatic carbocycles. The van der Waals surface area contributed by atoms with Gasteiger partial charge in [0, 0.05) is 10.8 Å². The summed E-state index contributed by atoms with van der Waals surface area (Å²) in [4.78, 5) is 59.7. The molecule has 202 valence electrons. The summed E-state index contributed by atoms with van der Waals surface area (Å²) in [6.45, 7) is 1.65. The van der Waals surface area contributed by atoms with E-state index in [2.05, 4.69) is 45.8 Å². The van der Waals surface area contributed by atoms with Crippen molar-refractivity contribution in [2.24, 2.45) is 10.9 Å². The number of aromatic amines is 2. The second-order valence-corrected chi connectivity index (χ2v) is 10.1. The van der Waals surface area contributed by atoms with Crippen LogP contribution in [0.25, 0.3) is 0 Å². The Morgan fingerprint density at radius 2 is 2.13 bits per heavy atom. The van der Waals surface area contributed by atoms with E-state index >= 15 is 0 Å². The maximum atomic E-state index is 13.3. The number of oxime groups is 1. The second kappa shape index (κ2) is 11.0. The van der Waals surface area contributed by atoms with Gasteiger partial charge in [0.05, 0.1) is 11.8 Å². The number of carboxylic acid groups (broad SMARTS) is 2. The number of amides is 2. The van der Waals surface area contributed by atoms with Gasteiger partial charge < -0.3 is 25.5 Å². The fourth-order valence-electron chi connectivity index (χ4n) is 3.51. The molecule has 0 radical (unpaired) electrons. The largest absolute Gasteiger partial charge is 0.512 e. The molecule has 38 heavy (non-hydrogen) atoms. The molecule has 2 amide bonds. The van der Waals surface area contributed by atoms with Crippen molar-refractivity contribution >= 4 is 59.6 Å². The third-order valence-electron chi connectivity index (χ3n) is 5.17. The van der Waals surface area contributed by atoms with Gasteiger partial charge in [-0.1, -0.05) is 16.9 Å². The van der Waals surface area contributed by atoms with Crippen LogP contribution in [0.15, 0.2) is 21.8 Å². The van der Waals surface area contributed by atoms with E-state index in [1.165, 1.54) is 12.0 Å². The smallest absolute Gasteiger partial charge is 0.480 e. The lowest BCUT2D eigenvalue weighted by Gasteiger charge is -2.48. The molecule has 0 saturated carbocycles. The summed E-state index contributed by atoms with van der Waals surface area (Å²) >= 11 is 2.17. The van der Waals surface area contributed by atoms with Gasteiger partial charge in [0.2, 0.25) is 16.9 Å². The summed E-state index contributed by atoms with van der Waals surface area (Å²) in [6, 6.07) is -1.58. The highest BCUT2D eigenvalue weighted by molar-refractivity contribution is 8.01. The number of β-lactam (4-membered cyclic amide) rings is 1.